The van der Waals surface area contributed by atoms with Crippen LogP contribution >= 0.6 is 23.1 Å². The summed E-state index contributed by atoms with van der Waals surface area (Å²) in [5.74, 6) is -1.13. The minimum absolute atomic E-state index is 0.104. The Kier molecular flexibility index (Phi) is 5.77. The first-order valence-corrected chi connectivity index (χ1v) is 7.48. The molecule has 1 rings (SSSR count). The minimum atomic E-state index is -1.12. The number of hydrogen-bond donors (Lipinski definition) is 2. The van der Waals surface area contributed by atoms with Crippen LogP contribution in [0.4, 0.5) is 5.00 Å². The summed E-state index contributed by atoms with van der Waals surface area (Å²) in [5.41, 5.74) is 0.104. The normalized spacial score (nSPS) is 11.8. The van der Waals surface area contributed by atoms with Crippen molar-refractivity contribution in [2.24, 2.45) is 0 Å². The van der Waals surface area contributed by atoms with E-state index in [1.54, 1.807) is 0 Å². The number of rotatable bonds is 7. The first-order valence-electron chi connectivity index (χ1n) is 5.21. The lowest BCUT2D eigenvalue weighted by atomic mass is 10.2. The molecule has 1 amide bonds. The van der Waals surface area contributed by atoms with Gasteiger partial charge in [0.1, 0.15) is 6.04 Å². The Morgan fingerprint density at radius 2 is 2.32 bits per heavy atom. The van der Waals surface area contributed by atoms with E-state index in [0.717, 1.165) is 17.4 Å². The number of carbonyl (C=O) groups excluding carboxylic acids is 1. The molecule has 0 aromatic carbocycles. The van der Waals surface area contributed by atoms with Gasteiger partial charge in [-0.15, -0.1) is 0 Å². The monoisotopic (exact) mass is 304 g/mol. The van der Waals surface area contributed by atoms with E-state index in [1.807, 2.05) is 6.26 Å². The molecular weight excluding hydrogens is 292 g/mol. The second-order valence-electron chi connectivity index (χ2n) is 3.58. The molecule has 2 N–H and O–H groups in total. The summed E-state index contributed by atoms with van der Waals surface area (Å²) < 4.78 is 0. The number of carboxylic acid groups (broad SMARTS) is 1. The van der Waals surface area contributed by atoms with Gasteiger partial charge in [-0.05, 0) is 18.4 Å². The number of aliphatic carboxylic acids is 1. The highest BCUT2D eigenvalue weighted by Crippen LogP contribution is 2.22. The highest BCUT2D eigenvalue weighted by atomic mass is 32.2. The van der Waals surface area contributed by atoms with Gasteiger partial charge in [-0.1, -0.05) is 11.3 Å². The van der Waals surface area contributed by atoms with Gasteiger partial charge in [0.25, 0.3) is 5.91 Å². The van der Waals surface area contributed by atoms with Crippen molar-refractivity contribution in [3.63, 3.8) is 0 Å². The number of nitrogens with zero attached hydrogens (tertiary/aromatic N) is 1. The number of nitrogens with one attached hydrogen (secondary N) is 1. The summed E-state index contributed by atoms with van der Waals surface area (Å²) in [6, 6.07) is 0.145. The lowest BCUT2D eigenvalue weighted by molar-refractivity contribution is -0.380. The van der Waals surface area contributed by atoms with E-state index in [-0.39, 0.29) is 10.6 Å². The van der Waals surface area contributed by atoms with E-state index in [2.05, 4.69) is 5.32 Å². The van der Waals surface area contributed by atoms with Gasteiger partial charge < -0.3 is 10.4 Å². The van der Waals surface area contributed by atoms with Crippen LogP contribution in [0.5, 0.6) is 0 Å². The Bertz CT molecular complexity index is 488. The Balaban J connectivity index is 2.70. The average molecular weight is 304 g/mol. The maximum absolute atomic E-state index is 11.8. The Morgan fingerprint density at radius 3 is 2.79 bits per heavy atom. The van der Waals surface area contributed by atoms with Gasteiger partial charge >= 0.3 is 11.0 Å². The smallest absolute Gasteiger partial charge is 0.326 e. The number of carboxylic acids is 1. The van der Waals surface area contributed by atoms with Gasteiger partial charge in [0.05, 0.1) is 10.5 Å². The highest BCUT2D eigenvalue weighted by molar-refractivity contribution is 7.98. The van der Waals surface area contributed by atoms with Crippen LogP contribution in [0.3, 0.4) is 0 Å². The first-order chi connectivity index (χ1) is 8.95. The zero-order chi connectivity index (χ0) is 14.4. The zero-order valence-electron chi connectivity index (χ0n) is 9.99. The number of hydrogen-bond acceptors (Lipinski definition) is 6. The molecule has 0 radical (unpaired) electrons. The second-order valence-corrected chi connectivity index (χ2v) is 5.45. The number of amides is 1. The fourth-order valence-electron chi connectivity index (χ4n) is 1.27. The molecule has 0 saturated carbocycles. The van der Waals surface area contributed by atoms with Crippen LogP contribution in [-0.4, -0.2) is 40.0 Å². The average Bonchev–Trinajstić information content (AvgIpc) is 2.83. The molecule has 0 bridgehead atoms. The quantitative estimate of drug-likeness (QED) is 0.585. The van der Waals surface area contributed by atoms with Gasteiger partial charge in [-0.2, -0.15) is 11.8 Å². The highest BCUT2D eigenvalue weighted by Gasteiger charge is 2.22. The predicted octanol–water partition coefficient (Wildman–Crippen LogP) is 1.59. The molecule has 0 aliphatic heterocycles. The van der Waals surface area contributed by atoms with Gasteiger partial charge in [-0.25, -0.2) is 4.79 Å². The molecular formula is C10H12N2O5S2. The van der Waals surface area contributed by atoms with Crippen LogP contribution in [0.2, 0.25) is 0 Å². The second kappa shape index (κ2) is 7.10. The standard InChI is InChI=1S/C10H12N2O5S2/c1-18-3-2-7(10(14)15)11-9(13)6-4-8(12(16)17)19-5-6/h4-5,7H,2-3H2,1H3,(H,11,13)(H,14,15). The molecule has 19 heavy (non-hydrogen) atoms. The van der Waals surface area contributed by atoms with Crippen LogP contribution in [0, 0.1) is 10.1 Å². The molecule has 0 spiro atoms. The van der Waals surface area contributed by atoms with Crippen LogP contribution in [0.1, 0.15) is 16.8 Å². The minimum Gasteiger partial charge on any atom is -0.480 e. The summed E-state index contributed by atoms with van der Waals surface area (Å²) in [7, 11) is 0. The van der Waals surface area contributed by atoms with Crippen LogP contribution < -0.4 is 5.32 Å². The van der Waals surface area contributed by atoms with Crippen molar-refractivity contribution in [1.82, 2.24) is 5.32 Å². The topological polar surface area (TPSA) is 110 Å². The van der Waals surface area contributed by atoms with Crippen molar-refractivity contribution in [1.29, 1.82) is 0 Å². The Hall–Kier alpha value is -1.61. The molecule has 1 aromatic heterocycles. The maximum atomic E-state index is 11.8. The fraction of sp³-hybridized carbons (Fsp3) is 0.400. The summed E-state index contributed by atoms with van der Waals surface area (Å²) in [4.78, 5) is 32.6. The van der Waals surface area contributed by atoms with Crippen LogP contribution in [0.25, 0.3) is 0 Å². The molecule has 0 aliphatic rings. The van der Waals surface area contributed by atoms with Crippen LogP contribution in [0.15, 0.2) is 11.4 Å². The molecule has 9 heteroatoms. The van der Waals surface area contributed by atoms with E-state index in [0.29, 0.717) is 12.2 Å². The lowest BCUT2D eigenvalue weighted by Crippen LogP contribution is -2.41. The van der Waals surface area contributed by atoms with E-state index in [4.69, 9.17) is 5.11 Å². The molecule has 1 heterocycles. The molecule has 1 atom stereocenters. The van der Waals surface area contributed by atoms with Gasteiger partial charge in [0.2, 0.25) is 0 Å². The molecule has 0 saturated heterocycles. The van der Waals surface area contributed by atoms with Crippen molar-refractivity contribution in [3.8, 4) is 0 Å². The molecule has 1 unspecified atom stereocenters. The van der Waals surface area contributed by atoms with E-state index >= 15 is 0 Å². The zero-order valence-corrected chi connectivity index (χ0v) is 11.6. The number of carbonyl (C=O) groups is 2. The van der Waals surface area contributed by atoms with Gasteiger partial charge in [0, 0.05) is 11.4 Å². The molecule has 104 valence electrons. The van der Waals surface area contributed by atoms with Gasteiger partial charge in [0.15, 0.2) is 0 Å². The first kappa shape index (κ1) is 15.4. The third-order valence-electron chi connectivity index (χ3n) is 2.24. The predicted molar refractivity (Wildman–Crippen MR) is 72.9 cm³/mol. The number of thioether (sulfide) groups is 1. The van der Waals surface area contributed by atoms with Crippen molar-refractivity contribution < 1.29 is 19.6 Å². The SMILES string of the molecule is CSCCC(NC(=O)c1csc([N+](=O)[O-])c1)C(=O)O. The maximum Gasteiger partial charge on any atom is 0.326 e. The Labute approximate surface area is 117 Å². The largest absolute Gasteiger partial charge is 0.480 e. The summed E-state index contributed by atoms with van der Waals surface area (Å²) in [6.45, 7) is 0. The van der Waals surface area contributed by atoms with E-state index in [9.17, 15) is 19.7 Å². The summed E-state index contributed by atoms with van der Waals surface area (Å²) in [5, 5.41) is 23.0. The molecule has 0 aliphatic carbocycles. The van der Waals surface area contributed by atoms with Crippen molar-refractivity contribution in [2.45, 2.75) is 12.5 Å². The third-order valence-corrected chi connectivity index (χ3v) is 3.77. The van der Waals surface area contributed by atoms with Crippen LogP contribution in [-0.2, 0) is 4.79 Å². The third kappa shape index (κ3) is 4.52. The van der Waals surface area contributed by atoms with Crippen molar-refractivity contribution >= 4 is 40.0 Å². The fourth-order valence-corrected chi connectivity index (χ4v) is 2.45. The Morgan fingerprint density at radius 1 is 1.63 bits per heavy atom. The van der Waals surface area contributed by atoms with Crippen molar-refractivity contribution in [3.05, 3.63) is 27.1 Å². The summed E-state index contributed by atoms with van der Waals surface area (Å²) >= 11 is 2.30. The van der Waals surface area contributed by atoms with Gasteiger partial charge in [-0.3, -0.25) is 14.9 Å². The lowest BCUT2D eigenvalue weighted by Gasteiger charge is -2.12. The molecule has 7 nitrogen and oxygen atoms in total. The van der Waals surface area contributed by atoms with E-state index in [1.165, 1.54) is 17.1 Å². The number of nitro groups is 1. The van der Waals surface area contributed by atoms with Crippen molar-refractivity contribution in [2.75, 3.05) is 12.0 Å². The number of thiophene rings is 1. The summed E-state index contributed by atoms with van der Waals surface area (Å²) in [6.07, 6.45) is 2.14. The molecule has 0 fully saturated rings. The van der Waals surface area contributed by atoms with E-state index < -0.39 is 22.8 Å². The molecule has 1 aromatic rings.